The fourth-order valence-electron chi connectivity index (χ4n) is 4.88. The number of urea groups is 1. The molecule has 1 saturated carbocycles. The Hall–Kier alpha value is -4.13. The van der Waals surface area contributed by atoms with Crippen molar-refractivity contribution in [3.05, 3.63) is 89.5 Å². The molecule has 0 aromatic heterocycles. The van der Waals surface area contributed by atoms with Gasteiger partial charge >= 0.3 is 6.03 Å². The van der Waals surface area contributed by atoms with Gasteiger partial charge in [-0.2, -0.15) is 0 Å². The number of para-hydroxylation sites is 1. The molecule has 1 aliphatic carbocycles. The first-order valence-electron chi connectivity index (χ1n) is 13.4. The fourth-order valence-corrected chi connectivity index (χ4v) is 4.88. The highest BCUT2D eigenvalue weighted by atomic mass is 16.2. The summed E-state index contributed by atoms with van der Waals surface area (Å²) in [7, 11) is 0. The molecule has 5 rings (SSSR count). The molecule has 1 atom stereocenters. The van der Waals surface area contributed by atoms with Crippen LogP contribution in [0.4, 0.5) is 10.5 Å². The van der Waals surface area contributed by atoms with Crippen LogP contribution in [0.15, 0.2) is 72.8 Å². The number of carbonyl (C=O) groups excluding carboxylic acids is 3. The van der Waals surface area contributed by atoms with Crippen LogP contribution in [0.3, 0.4) is 0 Å². The number of carbonyl (C=O) groups is 3. The smallest absolute Gasteiger partial charge is 0.315 e. The molecule has 3 aromatic rings. The molecule has 0 bridgehead atoms. The van der Waals surface area contributed by atoms with E-state index in [1.165, 1.54) is 0 Å². The second-order valence-electron chi connectivity index (χ2n) is 10.0. The molecule has 7 nitrogen and oxygen atoms in total. The molecule has 3 aromatic carbocycles. The van der Waals surface area contributed by atoms with Crippen molar-refractivity contribution in [2.75, 3.05) is 4.90 Å². The van der Waals surface area contributed by atoms with Gasteiger partial charge in [-0.15, -0.1) is 0 Å². The quantitative estimate of drug-likeness (QED) is 0.411. The van der Waals surface area contributed by atoms with Gasteiger partial charge in [0.2, 0.25) is 11.8 Å². The number of benzene rings is 3. The number of rotatable bonds is 8. The van der Waals surface area contributed by atoms with Gasteiger partial charge in [-0.25, -0.2) is 4.79 Å². The minimum atomic E-state index is -0.536. The molecule has 1 fully saturated rings. The van der Waals surface area contributed by atoms with Gasteiger partial charge in [-0.1, -0.05) is 73.7 Å². The van der Waals surface area contributed by atoms with Crippen molar-refractivity contribution >= 4 is 23.5 Å². The SMILES string of the molecule is CCC(=O)N[C@@H]1CCc2ccccc2N(Cc2ccc(-c3ccccc3CNC(=O)NC3CC3)cc2)C1=O. The zero-order valence-corrected chi connectivity index (χ0v) is 21.7. The predicted molar refractivity (Wildman–Crippen MR) is 148 cm³/mol. The summed E-state index contributed by atoms with van der Waals surface area (Å²) in [5.41, 5.74) is 6.15. The largest absolute Gasteiger partial charge is 0.344 e. The van der Waals surface area contributed by atoms with E-state index in [2.05, 4.69) is 40.2 Å². The summed E-state index contributed by atoms with van der Waals surface area (Å²) in [5, 5.41) is 8.83. The molecule has 7 heteroatoms. The molecule has 0 saturated heterocycles. The number of hydrogen-bond acceptors (Lipinski definition) is 3. The van der Waals surface area contributed by atoms with Gasteiger partial charge in [0, 0.05) is 24.7 Å². The fraction of sp³-hybridized carbons (Fsp3) is 0.323. The Balaban J connectivity index is 1.33. The monoisotopic (exact) mass is 510 g/mol. The number of nitrogens with one attached hydrogen (secondary N) is 3. The van der Waals surface area contributed by atoms with Crippen LogP contribution in [-0.2, 0) is 29.1 Å². The predicted octanol–water partition coefficient (Wildman–Crippen LogP) is 4.69. The van der Waals surface area contributed by atoms with Crippen molar-refractivity contribution in [2.45, 2.75) is 64.2 Å². The van der Waals surface area contributed by atoms with Gasteiger partial charge in [0.15, 0.2) is 0 Å². The summed E-state index contributed by atoms with van der Waals surface area (Å²) in [6, 6.07) is 23.9. The molecule has 0 radical (unpaired) electrons. The average molecular weight is 511 g/mol. The van der Waals surface area contributed by atoms with Crippen LogP contribution in [-0.4, -0.2) is 29.9 Å². The molecule has 196 valence electrons. The van der Waals surface area contributed by atoms with Crippen LogP contribution in [0, 0.1) is 0 Å². The first kappa shape index (κ1) is 25.5. The second-order valence-corrected chi connectivity index (χ2v) is 10.0. The molecule has 1 heterocycles. The summed E-state index contributed by atoms with van der Waals surface area (Å²) < 4.78 is 0. The topological polar surface area (TPSA) is 90.5 Å². The Kier molecular flexibility index (Phi) is 7.73. The van der Waals surface area contributed by atoms with E-state index < -0.39 is 6.04 Å². The van der Waals surface area contributed by atoms with Crippen LogP contribution in [0.2, 0.25) is 0 Å². The minimum absolute atomic E-state index is 0.0817. The molecular formula is C31H34N4O3. The average Bonchev–Trinajstić information content (AvgIpc) is 3.78. The van der Waals surface area contributed by atoms with E-state index in [1.807, 2.05) is 48.5 Å². The van der Waals surface area contributed by atoms with E-state index in [0.717, 1.165) is 52.8 Å². The highest BCUT2D eigenvalue weighted by Crippen LogP contribution is 2.30. The third-order valence-electron chi connectivity index (χ3n) is 7.18. The Bertz CT molecular complexity index is 1320. The van der Waals surface area contributed by atoms with Gasteiger partial charge in [0.25, 0.3) is 0 Å². The summed E-state index contributed by atoms with van der Waals surface area (Å²) in [5.74, 6) is -0.196. The number of anilines is 1. The lowest BCUT2D eigenvalue weighted by molar-refractivity contribution is -0.127. The maximum Gasteiger partial charge on any atom is 0.315 e. The van der Waals surface area contributed by atoms with Gasteiger partial charge in [0.05, 0.1) is 6.54 Å². The molecule has 4 amide bonds. The van der Waals surface area contributed by atoms with E-state index in [-0.39, 0.29) is 17.8 Å². The van der Waals surface area contributed by atoms with Crippen LogP contribution in [0.5, 0.6) is 0 Å². The maximum atomic E-state index is 13.6. The van der Waals surface area contributed by atoms with E-state index in [9.17, 15) is 14.4 Å². The van der Waals surface area contributed by atoms with Crippen molar-refractivity contribution in [2.24, 2.45) is 0 Å². The first-order chi connectivity index (χ1) is 18.5. The molecular weight excluding hydrogens is 476 g/mol. The Morgan fingerprint density at radius 3 is 2.39 bits per heavy atom. The van der Waals surface area contributed by atoms with Crippen LogP contribution in [0.25, 0.3) is 11.1 Å². The van der Waals surface area contributed by atoms with Crippen molar-refractivity contribution < 1.29 is 14.4 Å². The number of nitrogens with zero attached hydrogens (tertiary/aromatic N) is 1. The third-order valence-corrected chi connectivity index (χ3v) is 7.18. The van der Waals surface area contributed by atoms with Crippen LogP contribution in [0.1, 0.15) is 49.3 Å². The van der Waals surface area contributed by atoms with Crippen LogP contribution >= 0.6 is 0 Å². The Morgan fingerprint density at radius 2 is 1.63 bits per heavy atom. The highest BCUT2D eigenvalue weighted by molar-refractivity contribution is 6.00. The van der Waals surface area contributed by atoms with Crippen molar-refractivity contribution in [3.63, 3.8) is 0 Å². The lowest BCUT2D eigenvalue weighted by atomic mass is 9.98. The number of amides is 4. The Morgan fingerprint density at radius 1 is 0.895 bits per heavy atom. The number of fused-ring (bicyclic) bond motifs is 1. The van der Waals surface area contributed by atoms with E-state index >= 15 is 0 Å². The summed E-state index contributed by atoms with van der Waals surface area (Å²) in [6.45, 7) is 2.65. The second kappa shape index (κ2) is 11.5. The standard InChI is InChI=1S/C31H34N4O3/c1-2-29(36)34-27-18-15-23-7-4-6-10-28(23)35(30(27)37)20-21-11-13-22(14-12-21)26-9-5-3-8-24(26)19-32-31(38)33-25-16-17-25/h3-14,25,27H,2,15-20H2,1H3,(H,34,36)(H2,32,33,38)/t27-/m1/s1. The summed E-state index contributed by atoms with van der Waals surface area (Å²) in [6.07, 6.45) is 3.77. The lowest BCUT2D eigenvalue weighted by Gasteiger charge is -2.26. The van der Waals surface area contributed by atoms with Gasteiger partial charge in [-0.05, 0) is 59.6 Å². The minimum Gasteiger partial charge on any atom is -0.344 e. The summed E-state index contributed by atoms with van der Waals surface area (Å²) in [4.78, 5) is 39.6. The Labute approximate surface area is 223 Å². The molecule has 1 aliphatic heterocycles. The summed E-state index contributed by atoms with van der Waals surface area (Å²) >= 11 is 0. The molecule has 38 heavy (non-hydrogen) atoms. The molecule has 3 N–H and O–H groups in total. The maximum absolute atomic E-state index is 13.6. The van der Waals surface area contributed by atoms with Crippen molar-refractivity contribution in [1.82, 2.24) is 16.0 Å². The first-order valence-corrected chi connectivity index (χ1v) is 13.4. The zero-order chi connectivity index (χ0) is 26.5. The number of hydrogen-bond donors (Lipinski definition) is 3. The van der Waals surface area contributed by atoms with Gasteiger partial charge in [0.1, 0.15) is 6.04 Å². The third kappa shape index (κ3) is 6.05. The van der Waals surface area contributed by atoms with Crippen molar-refractivity contribution in [1.29, 1.82) is 0 Å². The lowest BCUT2D eigenvalue weighted by Crippen LogP contribution is -2.47. The van der Waals surface area contributed by atoms with Gasteiger partial charge in [-0.3, -0.25) is 9.59 Å². The van der Waals surface area contributed by atoms with Crippen LogP contribution < -0.4 is 20.9 Å². The number of aryl methyl sites for hydroxylation is 1. The van der Waals surface area contributed by atoms with Gasteiger partial charge < -0.3 is 20.9 Å². The molecule has 0 unspecified atom stereocenters. The normalized spacial score (nSPS) is 16.8. The molecule has 2 aliphatic rings. The van der Waals surface area contributed by atoms with E-state index in [0.29, 0.717) is 32.0 Å². The zero-order valence-electron chi connectivity index (χ0n) is 21.7. The highest BCUT2D eigenvalue weighted by Gasteiger charge is 2.31. The van der Waals surface area contributed by atoms with E-state index in [1.54, 1.807) is 11.8 Å². The van der Waals surface area contributed by atoms with E-state index in [4.69, 9.17) is 0 Å². The molecule has 0 spiro atoms. The van der Waals surface area contributed by atoms with Crippen molar-refractivity contribution in [3.8, 4) is 11.1 Å².